The van der Waals surface area contributed by atoms with Crippen LogP contribution in [0.25, 0.3) is 0 Å². The first-order chi connectivity index (χ1) is 11.0. The van der Waals surface area contributed by atoms with Crippen molar-refractivity contribution in [2.24, 2.45) is 11.8 Å². The number of nitrogens with zero attached hydrogens (tertiary/aromatic N) is 1. The summed E-state index contributed by atoms with van der Waals surface area (Å²) in [5.74, 6) is 0.955. The average Bonchev–Trinajstić information content (AvgIpc) is 2.52. The van der Waals surface area contributed by atoms with E-state index in [1.54, 1.807) is 7.11 Å². The Morgan fingerprint density at radius 2 is 2.00 bits per heavy atom. The number of nitrogens with one attached hydrogen (secondary N) is 1. The number of hydrogen-bond acceptors (Lipinski definition) is 4. The summed E-state index contributed by atoms with van der Waals surface area (Å²) in [7, 11) is 1.63. The molecule has 0 aliphatic carbocycles. The number of carbonyl (C=O) groups is 1. The van der Waals surface area contributed by atoms with E-state index in [0.717, 1.165) is 22.6 Å². The molecule has 0 aromatic heterocycles. The number of nitriles is 1. The molecule has 1 aromatic rings. The van der Waals surface area contributed by atoms with Gasteiger partial charge in [0.15, 0.2) is 0 Å². The molecule has 0 aliphatic rings. The number of carbonyl (C=O) groups excluding carboxylic acids is 1. The van der Waals surface area contributed by atoms with E-state index in [1.165, 1.54) is 0 Å². The molecule has 0 heterocycles. The lowest BCUT2D eigenvalue weighted by Crippen LogP contribution is -2.33. The van der Waals surface area contributed by atoms with Crippen LogP contribution in [-0.2, 0) is 11.2 Å². The van der Waals surface area contributed by atoms with Gasteiger partial charge >= 0.3 is 0 Å². The van der Waals surface area contributed by atoms with Crippen molar-refractivity contribution in [1.82, 2.24) is 5.32 Å². The molecule has 0 spiro atoms. The van der Waals surface area contributed by atoms with Crippen molar-refractivity contribution < 1.29 is 9.53 Å². The fraction of sp³-hybridized carbons (Fsp3) is 0.500. The first kappa shape index (κ1) is 19.1. The molecule has 124 valence electrons. The third-order valence-corrected chi connectivity index (χ3v) is 3.81. The second-order valence-corrected chi connectivity index (χ2v) is 6.55. The topological polar surface area (TPSA) is 62.1 Å². The minimum atomic E-state index is -0.172. The predicted molar refractivity (Wildman–Crippen MR) is 95.5 cm³/mol. The highest BCUT2D eigenvalue weighted by Crippen LogP contribution is 2.19. The van der Waals surface area contributed by atoms with Gasteiger partial charge in [0.05, 0.1) is 13.2 Å². The van der Waals surface area contributed by atoms with Gasteiger partial charge < -0.3 is 10.1 Å². The van der Waals surface area contributed by atoms with Crippen molar-refractivity contribution in [2.45, 2.75) is 33.1 Å². The van der Waals surface area contributed by atoms with Gasteiger partial charge in [-0.15, -0.1) is 0 Å². The number of ether oxygens (including phenoxy) is 1. The predicted octanol–water partition coefficient (Wildman–Crippen LogP) is 3.30. The minimum Gasteiger partial charge on any atom is -0.497 e. The smallest absolute Gasteiger partial charge is 0.224 e. The van der Waals surface area contributed by atoms with Gasteiger partial charge in [-0.1, -0.05) is 38.2 Å². The fourth-order valence-electron chi connectivity index (χ4n) is 2.44. The summed E-state index contributed by atoms with van der Waals surface area (Å²) in [4.78, 5) is 13.0. The summed E-state index contributed by atoms with van der Waals surface area (Å²) >= 11 is 5.48. The van der Waals surface area contributed by atoms with Gasteiger partial charge in [0.25, 0.3) is 0 Å². The quantitative estimate of drug-likeness (QED) is 0.557. The van der Waals surface area contributed by atoms with E-state index in [1.807, 2.05) is 30.3 Å². The summed E-state index contributed by atoms with van der Waals surface area (Å²) in [6.45, 7) is 4.20. The van der Waals surface area contributed by atoms with Crippen molar-refractivity contribution in [2.75, 3.05) is 13.7 Å². The van der Waals surface area contributed by atoms with E-state index < -0.39 is 0 Å². The maximum absolute atomic E-state index is 12.2. The molecule has 4 nitrogen and oxygen atoms in total. The van der Waals surface area contributed by atoms with Gasteiger partial charge in [0, 0.05) is 12.3 Å². The molecule has 0 saturated heterocycles. The molecule has 0 radical (unpaired) electrons. The van der Waals surface area contributed by atoms with Gasteiger partial charge in [-0.3, -0.25) is 4.79 Å². The molecule has 0 bridgehead atoms. The van der Waals surface area contributed by atoms with Crippen LogP contribution in [0.4, 0.5) is 0 Å². The van der Waals surface area contributed by atoms with Crippen LogP contribution in [0.2, 0.25) is 0 Å². The first-order valence-electron chi connectivity index (χ1n) is 7.75. The van der Waals surface area contributed by atoms with E-state index in [4.69, 9.17) is 22.2 Å². The van der Waals surface area contributed by atoms with Crippen LogP contribution in [0.1, 0.15) is 32.3 Å². The van der Waals surface area contributed by atoms with E-state index in [0.29, 0.717) is 18.8 Å². The summed E-state index contributed by atoms with van der Waals surface area (Å²) in [5.41, 5.74) is 1.11. The van der Waals surface area contributed by atoms with Crippen molar-refractivity contribution in [3.63, 3.8) is 0 Å². The zero-order chi connectivity index (χ0) is 17.2. The van der Waals surface area contributed by atoms with Crippen LogP contribution in [0.15, 0.2) is 24.3 Å². The zero-order valence-corrected chi connectivity index (χ0v) is 14.8. The molecule has 0 saturated carbocycles. The number of hydrogen-bond donors (Lipinski definition) is 1. The lowest BCUT2D eigenvalue weighted by Gasteiger charge is -2.18. The van der Waals surface area contributed by atoms with Crippen molar-refractivity contribution in [3.8, 4) is 11.8 Å². The third kappa shape index (κ3) is 7.25. The maximum atomic E-state index is 12.2. The van der Waals surface area contributed by atoms with Gasteiger partial charge in [-0.2, -0.15) is 5.26 Å². The molecule has 1 rings (SSSR count). The van der Waals surface area contributed by atoms with Crippen LogP contribution in [0, 0.1) is 23.2 Å². The van der Waals surface area contributed by atoms with E-state index >= 15 is 0 Å². The fourth-order valence-corrected chi connectivity index (χ4v) is 2.81. The first-order valence-corrected chi connectivity index (χ1v) is 8.16. The zero-order valence-electron chi connectivity index (χ0n) is 14.0. The summed E-state index contributed by atoms with van der Waals surface area (Å²) in [6, 6.07) is 9.71. The Balaban J connectivity index is 2.64. The molecule has 1 N–H and O–H groups in total. The van der Waals surface area contributed by atoms with Crippen molar-refractivity contribution >= 4 is 23.0 Å². The third-order valence-electron chi connectivity index (χ3n) is 3.50. The minimum absolute atomic E-state index is 0.0403. The molecule has 1 atom stereocenters. The van der Waals surface area contributed by atoms with Gasteiger partial charge in [0.2, 0.25) is 5.91 Å². The molecular formula is C18H24N2O2S. The number of benzene rings is 1. The van der Waals surface area contributed by atoms with Crippen LogP contribution >= 0.6 is 12.2 Å². The Labute approximate surface area is 143 Å². The Kier molecular flexibility index (Phi) is 8.28. The summed E-state index contributed by atoms with van der Waals surface area (Å²) < 4.78 is 5.14. The number of rotatable bonds is 9. The van der Waals surface area contributed by atoms with Gasteiger partial charge in [-0.25, -0.2) is 0 Å². The molecular weight excluding hydrogens is 308 g/mol. The van der Waals surface area contributed by atoms with Crippen molar-refractivity contribution in [3.05, 3.63) is 29.8 Å². The Bertz CT molecular complexity index is 561. The molecule has 0 aliphatic heterocycles. The molecule has 0 fully saturated rings. The Morgan fingerprint density at radius 1 is 1.35 bits per heavy atom. The van der Waals surface area contributed by atoms with Crippen LogP contribution in [0.3, 0.4) is 0 Å². The summed E-state index contributed by atoms with van der Waals surface area (Å²) in [6.07, 6.45) is 2.00. The largest absolute Gasteiger partial charge is 0.497 e. The molecule has 0 unspecified atom stereocenters. The lowest BCUT2D eigenvalue weighted by molar-refractivity contribution is -0.125. The van der Waals surface area contributed by atoms with Crippen LogP contribution < -0.4 is 10.1 Å². The maximum Gasteiger partial charge on any atom is 0.224 e. The second kappa shape index (κ2) is 9.96. The van der Waals surface area contributed by atoms with Crippen LogP contribution in [0.5, 0.6) is 5.75 Å². The van der Waals surface area contributed by atoms with Crippen molar-refractivity contribution in [1.29, 1.82) is 5.26 Å². The van der Waals surface area contributed by atoms with Gasteiger partial charge in [0.1, 0.15) is 12.3 Å². The standard InChI is InChI=1S/C18H24N2O2S/c1-13(2)10-15(18(21)20-9-8-19)12-17(23)11-14-4-6-16(22-3)7-5-14/h4-7,13,15H,9-12H2,1-3H3,(H,20,21)/t15-/m1/s1. The Hall–Kier alpha value is -1.93. The highest BCUT2D eigenvalue weighted by atomic mass is 32.1. The Morgan fingerprint density at radius 3 is 2.52 bits per heavy atom. The highest BCUT2D eigenvalue weighted by Gasteiger charge is 2.21. The highest BCUT2D eigenvalue weighted by molar-refractivity contribution is 7.80. The van der Waals surface area contributed by atoms with E-state index in [2.05, 4.69) is 19.2 Å². The average molecular weight is 332 g/mol. The normalized spacial score (nSPS) is 11.6. The van der Waals surface area contributed by atoms with Crippen LogP contribution in [-0.4, -0.2) is 24.4 Å². The van der Waals surface area contributed by atoms with E-state index in [9.17, 15) is 4.79 Å². The number of thiocarbonyl (C=S) groups is 1. The lowest BCUT2D eigenvalue weighted by atomic mass is 9.90. The second-order valence-electron chi connectivity index (χ2n) is 5.97. The van der Waals surface area contributed by atoms with E-state index in [-0.39, 0.29) is 18.4 Å². The summed E-state index contributed by atoms with van der Waals surface area (Å²) in [5, 5.41) is 11.2. The molecule has 23 heavy (non-hydrogen) atoms. The molecule has 1 aromatic carbocycles. The number of amides is 1. The SMILES string of the molecule is COc1ccc(CC(=S)C[C@@H](CC(C)C)C(=O)NCC#N)cc1. The monoisotopic (exact) mass is 332 g/mol. The van der Waals surface area contributed by atoms with Gasteiger partial charge in [-0.05, 0) is 41.3 Å². The number of methoxy groups -OCH3 is 1. The molecule has 1 amide bonds. The molecule has 5 heteroatoms.